The highest BCUT2D eigenvalue weighted by Crippen LogP contribution is 2.42. The van der Waals surface area contributed by atoms with Crippen molar-refractivity contribution in [2.45, 2.75) is 46.0 Å². The van der Waals surface area contributed by atoms with Crippen LogP contribution in [0.4, 0.5) is 0 Å². The van der Waals surface area contributed by atoms with E-state index in [1.54, 1.807) is 5.56 Å². The van der Waals surface area contributed by atoms with E-state index in [0.29, 0.717) is 5.41 Å². The van der Waals surface area contributed by atoms with E-state index in [-0.39, 0.29) is 0 Å². The molecule has 72 valence electrons. The van der Waals surface area contributed by atoms with Gasteiger partial charge in [-0.15, -0.1) is 0 Å². The maximum absolute atomic E-state index is 3.36. The predicted molar refractivity (Wildman–Crippen MR) is 55.9 cm³/mol. The van der Waals surface area contributed by atoms with E-state index in [1.165, 1.54) is 25.0 Å². The van der Waals surface area contributed by atoms with Crippen molar-refractivity contribution in [2.24, 2.45) is 5.41 Å². The number of nitrogens with one attached hydrogen (secondary N) is 1. The lowest BCUT2D eigenvalue weighted by atomic mass is 9.71. The average Bonchev–Trinajstić information content (AvgIpc) is 2.48. The van der Waals surface area contributed by atoms with Crippen LogP contribution in [-0.2, 0) is 6.42 Å². The second-order valence-electron chi connectivity index (χ2n) is 5.22. The van der Waals surface area contributed by atoms with Crippen LogP contribution < -0.4 is 0 Å². The Morgan fingerprint density at radius 2 is 2.15 bits per heavy atom. The minimum atomic E-state index is 0.414. The molecule has 2 rings (SSSR count). The number of aromatic nitrogens is 1. The Kier molecular flexibility index (Phi) is 1.98. The van der Waals surface area contributed by atoms with E-state index >= 15 is 0 Å². The summed E-state index contributed by atoms with van der Waals surface area (Å²) in [6.07, 6.45) is 6.04. The molecule has 1 aromatic rings. The van der Waals surface area contributed by atoms with Crippen LogP contribution in [0.5, 0.6) is 0 Å². The Morgan fingerprint density at radius 1 is 1.38 bits per heavy atom. The predicted octanol–water partition coefficient (Wildman–Crippen LogP) is 3.48. The van der Waals surface area contributed by atoms with Gasteiger partial charge in [0.1, 0.15) is 0 Å². The molecule has 0 aromatic carbocycles. The summed E-state index contributed by atoms with van der Waals surface area (Å²) in [5, 5.41) is 0. The first-order valence-corrected chi connectivity index (χ1v) is 5.25. The van der Waals surface area contributed by atoms with Gasteiger partial charge in [-0.25, -0.2) is 0 Å². The lowest BCUT2D eigenvalue weighted by molar-refractivity contribution is 0.289. The van der Waals surface area contributed by atoms with Gasteiger partial charge in [-0.05, 0) is 42.2 Å². The van der Waals surface area contributed by atoms with Gasteiger partial charge < -0.3 is 4.98 Å². The number of aryl methyl sites for hydroxylation is 1. The Morgan fingerprint density at radius 3 is 2.85 bits per heavy atom. The SMILES string of the molecule is CC(C)(C)C1CCCc2[nH]ccc21. The number of H-pyrrole nitrogens is 1. The number of aromatic amines is 1. The van der Waals surface area contributed by atoms with Crippen LogP contribution in [0.3, 0.4) is 0 Å². The fourth-order valence-corrected chi connectivity index (χ4v) is 2.50. The molecule has 0 spiro atoms. The van der Waals surface area contributed by atoms with E-state index in [2.05, 4.69) is 38.0 Å². The summed E-state index contributed by atoms with van der Waals surface area (Å²) in [7, 11) is 0. The van der Waals surface area contributed by atoms with Crippen LogP contribution in [0.15, 0.2) is 12.3 Å². The molecular weight excluding hydrogens is 158 g/mol. The maximum Gasteiger partial charge on any atom is 0.0182 e. The summed E-state index contributed by atoms with van der Waals surface area (Å²) < 4.78 is 0. The van der Waals surface area contributed by atoms with Crippen molar-refractivity contribution in [1.29, 1.82) is 0 Å². The van der Waals surface area contributed by atoms with Crippen LogP contribution in [0, 0.1) is 5.41 Å². The van der Waals surface area contributed by atoms with Gasteiger partial charge >= 0.3 is 0 Å². The molecule has 0 saturated carbocycles. The summed E-state index contributed by atoms with van der Waals surface area (Å²) >= 11 is 0. The molecule has 1 heterocycles. The highest BCUT2D eigenvalue weighted by Gasteiger charge is 2.30. The van der Waals surface area contributed by atoms with Crippen molar-refractivity contribution in [3.63, 3.8) is 0 Å². The van der Waals surface area contributed by atoms with Gasteiger partial charge in [-0.3, -0.25) is 0 Å². The Labute approximate surface area is 80.6 Å². The second-order valence-corrected chi connectivity index (χ2v) is 5.22. The lowest BCUT2D eigenvalue weighted by Gasteiger charge is -2.34. The van der Waals surface area contributed by atoms with Gasteiger partial charge in [0.15, 0.2) is 0 Å². The quantitative estimate of drug-likeness (QED) is 0.624. The van der Waals surface area contributed by atoms with E-state index in [4.69, 9.17) is 0 Å². The Hall–Kier alpha value is -0.720. The zero-order valence-electron chi connectivity index (χ0n) is 8.85. The normalized spacial score (nSPS) is 22.8. The van der Waals surface area contributed by atoms with Gasteiger partial charge in [-0.1, -0.05) is 20.8 Å². The van der Waals surface area contributed by atoms with Gasteiger partial charge in [0.25, 0.3) is 0 Å². The molecule has 13 heavy (non-hydrogen) atoms. The molecule has 1 nitrogen and oxygen atoms in total. The van der Waals surface area contributed by atoms with Crippen molar-refractivity contribution in [3.05, 3.63) is 23.5 Å². The first kappa shape index (κ1) is 8.86. The van der Waals surface area contributed by atoms with E-state index in [1.807, 2.05) is 0 Å². The molecule has 0 aliphatic heterocycles. The maximum atomic E-state index is 3.36. The van der Waals surface area contributed by atoms with Gasteiger partial charge in [0, 0.05) is 11.9 Å². The summed E-state index contributed by atoms with van der Waals surface area (Å²) in [6, 6.07) is 2.27. The largest absolute Gasteiger partial charge is 0.365 e. The third-order valence-electron chi connectivity index (χ3n) is 3.21. The molecule has 0 amide bonds. The van der Waals surface area contributed by atoms with Crippen LogP contribution in [0.25, 0.3) is 0 Å². The van der Waals surface area contributed by atoms with E-state index in [0.717, 1.165) is 5.92 Å². The minimum absolute atomic E-state index is 0.414. The summed E-state index contributed by atoms with van der Waals surface area (Å²) in [5.74, 6) is 0.752. The van der Waals surface area contributed by atoms with Crippen LogP contribution in [-0.4, -0.2) is 4.98 Å². The van der Waals surface area contributed by atoms with Gasteiger partial charge in [0.2, 0.25) is 0 Å². The topological polar surface area (TPSA) is 15.8 Å². The molecule has 1 aromatic heterocycles. The van der Waals surface area contributed by atoms with Crippen molar-refractivity contribution in [2.75, 3.05) is 0 Å². The van der Waals surface area contributed by atoms with Crippen LogP contribution >= 0.6 is 0 Å². The number of rotatable bonds is 0. The molecule has 0 bridgehead atoms. The molecule has 1 unspecified atom stereocenters. The number of fused-ring (bicyclic) bond motifs is 1. The molecule has 1 aliphatic rings. The molecule has 1 heteroatoms. The fourth-order valence-electron chi connectivity index (χ4n) is 2.50. The summed E-state index contributed by atoms with van der Waals surface area (Å²) in [6.45, 7) is 7.04. The van der Waals surface area contributed by atoms with E-state index in [9.17, 15) is 0 Å². The second kappa shape index (κ2) is 2.90. The molecule has 0 fully saturated rings. The van der Waals surface area contributed by atoms with Gasteiger partial charge in [0.05, 0.1) is 0 Å². The number of hydrogen-bond donors (Lipinski definition) is 1. The lowest BCUT2D eigenvalue weighted by Crippen LogP contribution is -2.22. The zero-order chi connectivity index (χ0) is 9.47. The third-order valence-corrected chi connectivity index (χ3v) is 3.21. The molecule has 0 saturated heterocycles. The first-order chi connectivity index (χ1) is 6.09. The van der Waals surface area contributed by atoms with Crippen molar-refractivity contribution in [1.82, 2.24) is 4.98 Å². The summed E-state index contributed by atoms with van der Waals surface area (Å²) in [4.78, 5) is 3.36. The van der Waals surface area contributed by atoms with Crippen LogP contribution in [0.1, 0.15) is 50.8 Å². The highest BCUT2D eigenvalue weighted by atomic mass is 14.7. The molecule has 0 radical (unpaired) electrons. The monoisotopic (exact) mass is 177 g/mol. The van der Waals surface area contributed by atoms with Gasteiger partial charge in [-0.2, -0.15) is 0 Å². The molecular formula is C12H19N. The summed E-state index contributed by atoms with van der Waals surface area (Å²) in [5.41, 5.74) is 3.46. The molecule has 1 aliphatic carbocycles. The third kappa shape index (κ3) is 1.52. The minimum Gasteiger partial charge on any atom is -0.365 e. The molecule has 1 atom stereocenters. The average molecular weight is 177 g/mol. The van der Waals surface area contributed by atoms with Crippen molar-refractivity contribution in [3.8, 4) is 0 Å². The Balaban J connectivity index is 2.35. The fraction of sp³-hybridized carbons (Fsp3) is 0.667. The first-order valence-electron chi connectivity index (χ1n) is 5.25. The molecule has 1 N–H and O–H groups in total. The smallest absolute Gasteiger partial charge is 0.0182 e. The van der Waals surface area contributed by atoms with Crippen molar-refractivity contribution < 1.29 is 0 Å². The van der Waals surface area contributed by atoms with E-state index < -0.39 is 0 Å². The standard InChI is InChI=1S/C12H19N/c1-12(2,3)10-5-4-6-11-9(10)7-8-13-11/h7-8,10,13H,4-6H2,1-3H3. The number of hydrogen-bond acceptors (Lipinski definition) is 0. The van der Waals surface area contributed by atoms with Crippen molar-refractivity contribution >= 4 is 0 Å². The zero-order valence-corrected chi connectivity index (χ0v) is 8.85. The Bertz CT molecular complexity index is 290. The van der Waals surface area contributed by atoms with Crippen LogP contribution in [0.2, 0.25) is 0 Å². The highest BCUT2D eigenvalue weighted by molar-refractivity contribution is 5.29.